The number of para-hydroxylation sites is 1. The molecule has 2 heterocycles. The second kappa shape index (κ2) is 9.07. The van der Waals surface area contributed by atoms with E-state index in [-0.39, 0.29) is 11.3 Å². The number of halogens is 1. The highest BCUT2D eigenvalue weighted by molar-refractivity contribution is 9.10. The first-order valence-electron chi connectivity index (χ1n) is 11.3. The molecular formula is C28H23BrN2O4. The minimum Gasteiger partial charge on any atom is -0.507 e. The second-order valence-corrected chi connectivity index (χ2v) is 9.21. The van der Waals surface area contributed by atoms with Crippen molar-refractivity contribution in [2.45, 2.75) is 19.9 Å². The lowest BCUT2D eigenvalue weighted by Gasteiger charge is -2.25. The maximum atomic E-state index is 13.5. The van der Waals surface area contributed by atoms with Gasteiger partial charge < -0.3 is 14.8 Å². The van der Waals surface area contributed by atoms with E-state index in [0.717, 1.165) is 26.5 Å². The Balaban J connectivity index is 1.76. The number of amides is 1. The van der Waals surface area contributed by atoms with Crippen LogP contribution >= 0.6 is 15.9 Å². The Labute approximate surface area is 211 Å². The monoisotopic (exact) mass is 530 g/mol. The molecule has 0 saturated carbocycles. The van der Waals surface area contributed by atoms with Gasteiger partial charge in [-0.2, -0.15) is 0 Å². The standard InChI is InChI=1S/C28H23BrN2O4/c1-3-35-19-8-6-7-18(14-19)31-25(21-15-30-23-10-5-4-9-20(21)23)24(27(33)28(31)34)26(32)17-11-12-22(29)16(2)13-17/h4-15,25,30,32H,3H2,1-2H3/b26-24+. The number of carbonyl (C=O) groups excluding carboxylic acids is 2. The Bertz CT molecular complexity index is 1500. The van der Waals surface area contributed by atoms with Gasteiger partial charge in [0, 0.05) is 44.5 Å². The number of hydrogen-bond donors (Lipinski definition) is 2. The highest BCUT2D eigenvalue weighted by Crippen LogP contribution is 2.44. The predicted molar refractivity (Wildman–Crippen MR) is 140 cm³/mol. The van der Waals surface area contributed by atoms with Crippen LogP contribution in [0.3, 0.4) is 0 Å². The number of hydrogen-bond acceptors (Lipinski definition) is 4. The van der Waals surface area contributed by atoms with E-state index in [4.69, 9.17) is 4.74 Å². The fraction of sp³-hybridized carbons (Fsp3) is 0.143. The molecule has 1 aromatic heterocycles. The molecule has 1 aliphatic heterocycles. The number of Topliss-reactive ketones (excluding diaryl/α,β-unsaturated/α-hetero) is 1. The van der Waals surface area contributed by atoms with Gasteiger partial charge in [-0.05, 0) is 49.7 Å². The largest absolute Gasteiger partial charge is 0.507 e. The molecule has 7 heteroatoms. The molecule has 3 aromatic carbocycles. The van der Waals surface area contributed by atoms with Crippen molar-refractivity contribution < 1.29 is 19.4 Å². The molecule has 1 aliphatic rings. The summed E-state index contributed by atoms with van der Waals surface area (Å²) in [5.74, 6) is -1.06. The summed E-state index contributed by atoms with van der Waals surface area (Å²) in [4.78, 5) is 31.6. The van der Waals surface area contributed by atoms with Gasteiger partial charge in [0.15, 0.2) is 0 Å². The quantitative estimate of drug-likeness (QED) is 0.181. The van der Waals surface area contributed by atoms with E-state index in [1.807, 2.05) is 44.2 Å². The van der Waals surface area contributed by atoms with Gasteiger partial charge in [-0.15, -0.1) is 0 Å². The number of H-pyrrole nitrogens is 1. The number of carbonyl (C=O) groups is 2. The number of aliphatic hydroxyl groups is 1. The smallest absolute Gasteiger partial charge is 0.300 e. The summed E-state index contributed by atoms with van der Waals surface area (Å²) in [7, 11) is 0. The number of benzene rings is 3. The van der Waals surface area contributed by atoms with Gasteiger partial charge in [-0.1, -0.05) is 46.3 Å². The number of nitrogens with zero attached hydrogens (tertiary/aromatic N) is 1. The number of ether oxygens (including phenoxy) is 1. The molecule has 176 valence electrons. The van der Waals surface area contributed by atoms with E-state index in [1.54, 1.807) is 42.6 Å². The highest BCUT2D eigenvalue weighted by atomic mass is 79.9. The van der Waals surface area contributed by atoms with Gasteiger partial charge in [-0.3, -0.25) is 14.5 Å². The van der Waals surface area contributed by atoms with E-state index in [9.17, 15) is 14.7 Å². The Hall–Kier alpha value is -3.84. The van der Waals surface area contributed by atoms with Crippen LogP contribution in [-0.2, 0) is 9.59 Å². The molecule has 0 spiro atoms. The molecule has 0 aliphatic carbocycles. The summed E-state index contributed by atoms with van der Waals surface area (Å²) >= 11 is 3.47. The summed E-state index contributed by atoms with van der Waals surface area (Å²) in [6.45, 7) is 4.25. The van der Waals surface area contributed by atoms with Gasteiger partial charge in [0.25, 0.3) is 11.7 Å². The zero-order valence-corrected chi connectivity index (χ0v) is 20.8. The number of nitrogens with one attached hydrogen (secondary N) is 1. The van der Waals surface area contributed by atoms with E-state index in [0.29, 0.717) is 23.6 Å². The second-order valence-electron chi connectivity index (χ2n) is 8.35. The number of anilines is 1. The first-order chi connectivity index (χ1) is 16.9. The van der Waals surface area contributed by atoms with Crippen LogP contribution in [0.1, 0.15) is 29.7 Å². The predicted octanol–water partition coefficient (Wildman–Crippen LogP) is 6.26. The number of rotatable bonds is 5. The highest BCUT2D eigenvalue weighted by Gasteiger charge is 2.47. The number of aromatic amines is 1. The molecule has 0 radical (unpaired) electrons. The number of ketones is 1. The van der Waals surface area contributed by atoms with Crippen LogP contribution in [0, 0.1) is 6.92 Å². The molecule has 6 nitrogen and oxygen atoms in total. The number of aliphatic hydroxyl groups excluding tert-OH is 1. The van der Waals surface area contributed by atoms with E-state index in [1.165, 1.54) is 4.90 Å². The van der Waals surface area contributed by atoms with Crippen molar-refractivity contribution in [2.24, 2.45) is 0 Å². The summed E-state index contributed by atoms with van der Waals surface area (Å²) in [5, 5.41) is 12.3. The normalized spacial score (nSPS) is 17.3. The molecule has 4 aromatic rings. The number of aryl methyl sites for hydroxylation is 1. The number of aromatic nitrogens is 1. The third kappa shape index (κ3) is 3.91. The zero-order chi connectivity index (χ0) is 24.7. The fourth-order valence-corrected chi connectivity index (χ4v) is 4.80. The minimum atomic E-state index is -0.827. The SMILES string of the molecule is CCOc1cccc(N2C(=O)C(=O)/C(=C(/O)c3ccc(Br)c(C)c3)C2c2c[nH]c3ccccc23)c1. The molecule has 1 saturated heterocycles. The van der Waals surface area contributed by atoms with E-state index >= 15 is 0 Å². The van der Waals surface area contributed by atoms with Crippen LogP contribution in [0.5, 0.6) is 5.75 Å². The maximum absolute atomic E-state index is 13.5. The maximum Gasteiger partial charge on any atom is 0.300 e. The molecule has 5 rings (SSSR count). The Morgan fingerprint density at radius 2 is 1.89 bits per heavy atom. The first kappa shape index (κ1) is 22.9. The molecular weight excluding hydrogens is 508 g/mol. The summed E-state index contributed by atoms with van der Waals surface area (Å²) in [6, 6.07) is 19.3. The molecule has 1 amide bonds. The summed E-state index contributed by atoms with van der Waals surface area (Å²) < 4.78 is 6.52. The first-order valence-corrected chi connectivity index (χ1v) is 12.1. The van der Waals surface area contributed by atoms with Crippen molar-refractivity contribution >= 4 is 50.0 Å². The molecule has 1 unspecified atom stereocenters. The van der Waals surface area contributed by atoms with E-state index < -0.39 is 17.7 Å². The number of fused-ring (bicyclic) bond motifs is 1. The van der Waals surface area contributed by atoms with Gasteiger partial charge >= 0.3 is 0 Å². The lowest BCUT2D eigenvalue weighted by atomic mass is 9.94. The van der Waals surface area contributed by atoms with Crippen LogP contribution in [0.25, 0.3) is 16.7 Å². The van der Waals surface area contributed by atoms with Crippen molar-refractivity contribution in [3.8, 4) is 5.75 Å². The Morgan fingerprint density at radius 3 is 2.66 bits per heavy atom. The lowest BCUT2D eigenvalue weighted by molar-refractivity contribution is -0.132. The van der Waals surface area contributed by atoms with Gasteiger partial charge in [0.2, 0.25) is 0 Å². The van der Waals surface area contributed by atoms with Crippen LogP contribution in [-0.4, -0.2) is 28.4 Å². The van der Waals surface area contributed by atoms with Gasteiger partial charge in [0.1, 0.15) is 11.5 Å². The Morgan fingerprint density at radius 1 is 1.09 bits per heavy atom. The van der Waals surface area contributed by atoms with Crippen LogP contribution < -0.4 is 9.64 Å². The molecule has 2 N–H and O–H groups in total. The van der Waals surface area contributed by atoms with Gasteiger partial charge in [0.05, 0.1) is 18.2 Å². The molecule has 1 atom stereocenters. The van der Waals surface area contributed by atoms with Crippen molar-refractivity contribution in [1.29, 1.82) is 0 Å². The van der Waals surface area contributed by atoms with Crippen molar-refractivity contribution in [1.82, 2.24) is 4.98 Å². The minimum absolute atomic E-state index is 0.0447. The molecule has 1 fully saturated rings. The Kier molecular flexibility index (Phi) is 5.94. The molecule has 0 bridgehead atoms. The average Bonchev–Trinajstić information content (AvgIpc) is 3.39. The average molecular weight is 531 g/mol. The topological polar surface area (TPSA) is 82.6 Å². The third-order valence-corrected chi connectivity index (χ3v) is 7.09. The third-order valence-electron chi connectivity index (χ3n) is 6.20. The fourth-order valence-electron chi connectivity index (χ4n) is 4.55. The van der Waals surface area contributed by atoms with Crippen molar-refractivity contribution in [2.75, 3.05) is 11.5 Å². The van der Waals surface area contributed by atoms with Crippen LogP contribution in [0.15, 0.2) is 83.0 Å². The summed E-state index contributed by atoms with van der Waals surface area (Å²) in [5.41, 5.74) is 3.52. The van der Waals surface area contributed by atoms with Crippen molar-refractivity contribution in [3.63, 3.8) is 0 Å². The van der Waals surface area contributed by atoms with Crippen molar-refractivity contribution in [3.05, 3.63) is 99.7 Å². The molecule has 35 heavy (non-hydrogen) atoms. The zero-order valence-electron chi connectivity index (χ0n) is 19.2. The van der Waals surface area contributed by atoms with E-state index in [2.05, 4.69) is 20.9 Å². The van der Waals surface area contributed by atoms with Crippen LogP contribution in [0.4, 0.5) is 5.69 Å². The lowest BCUT2D eigenvalue weighted by Crippen LogP contribution is -2.29. The summed E-state index contributed by atoms with van der Waals surface area (Å²) in [6.07, 6.45) is 1.79. The van der Waals surface area contributed by atoms with Gasteiger partial charge in [-0.25, -0.2) is 0 Å². The van der Waals surface area contributed by atoms with Crippen LogP contribution in [0.2, 0.25) is 0 Å².